The van der Waals surface area contributed by atoms with Gasteiger partial charge in [0.25, 0.3) is 0 Å². The maximum Gasteiger partial charge on any atom is 0.336 e. The molecule has 8 heteroatoms. The first-order valence-corrected chi connectivity index (χ1v) is 8.96. The van der Waals surface area contributed by atoms with Gasteiger partial charge in [-0.2, -0.15) is 0 Å². The highest BCUT2D eigenvalue weighted by atomic mass is 32.2. The minimum atomic E-state index is -1.38. The first kappa shape index (κ1) is 16.5. The van der Waals surface area contributed by atoms with Crippen molar-refractivity contribution in [1.29, 1.82) is 0 Å². The smallest absolute Gasteiger partial charge is 0.336 e. The SMILES string of the molecule is C=CCOC(=O)[C@]1(CO)N2C(=O)[C@@H](c3nccs3)[C@H]2SC1(C)C. The lowest BCUT2D eigenvalue weighted by atomic mass is 9.80. The Morgan fingerprint density at radius 1 is 1.61 bits per heavy atom. The molecule has 2 saturated heterocycles. The van der Waals surface area contributed by atoms with Crippen molar-refractivity contribution in [1.82, 2.24) is 9.88 Å². The number of carbonyl (C=O) groups is 2. The predicted octanol–water partition coefficient (Wildman–Crippen LogP) is 1.38. The molecule has 0 aliphatic carbocycles. The third kappa shape index (κ3) is 2.08. The average Bonchev–Trinajstić information content (AvgIpc) is 3.08. The Morgan fingerprint density at radius 3 is 2.91 bits per heavy atom. The Bertz CT molecular complexity index is 646. The zero-order valence-corrected chi connectivity index (χ0v) is 14.5. The molecular formula is C15H18N2O4S2. The third-order valence-electron chi connectivity index (χ3n) is 4.48. The van der Waals surface area contributed by atoms with Gasteiger partial charge in [-0.25, -0.2) is 9.78 Å². The predicted molar refractivity (Wildman–Crippen MR) is 88.1 cm³/mol. The minimum Gasteiger partial charge on any atom is -0.460 e. The molecule has 1 aromatic heterocycles. The van der Waals surface area contributed by atoms with Crippen LogP contribution in [-0.4, -0.2) is 55.7 Å². The number of β-lactam (4-membered cyclic amide) rings is 1. The van der Waals surface area contributed by atoms with E-state index in [0.717, 1.165) is 5.01 Å². The van der Waals surface area contributed by atoms with E-state index < -0.39 is 22.9 Å². The van der Waals surface area contributed by atoms with Gasteiger partial charge < -0.3 is 14.7 Å². The number of aliphatic hydroxyl groups is 1. The number of amides is 1. The fourth-order valence-corrected chi connectivity index (χ4v) is 5.89. The van der Waals surface area contributed by atoms with Gasteiger partial charge in [-0.05, 0) is 13.8 Å². The first-order chi connectivity index (χ1) is 10.9. The summed E-state index contributed by atoms with van der Waals surface area (Å²) in [5, 5.41) is 12.4. The average molecular weight is 354 g/mol. The van der Waals surface area contributed by atoms with Crippen LogP contribution in [0.25, 0.3) is 0 Å². The maximum atomic E-state index is 12.7. The first-order valence-electron chi connectivity index (χ1n) is 7.20. The van der Waals surface area contributed by atoms with Gasteiger partial charge in [0.05, 0.1) is 12.0 Å². The second-order valence-electron chi connectivity index (χ2n) is 5.98. The van der Waals surface area contributed by atoms with E-state index in [0.29, 0.717) is 0 Å². The van der Waals surface area contributed by atoms with Crippen LogP contribution in [0.4, 0.5) is 0 Å². The topological polar surface area (TPSA) is 79.7 Å². The molecule has 0 saturated carbocycles. The summed E-state index contributed by atoms with van der Waals surface area (Å²) >= 11 is 2.93. The molecule has 6 nitrogen and oxygen atoms in total. The van der Waals surface area contributed by atoms with E-state index >= 15 is 0 Å². The lowest BCUT2D eigenvalue weighted by molar-refractivity contribution is -0.177. The number of carbonyl (C=O) groups excluding carboxylic acids is 2. The van der Waals surface area contributed by atoms with Crippen molar-refractivity contribution in [3.8, 4) is 0 Å². The van der Waals surface area contributed by atoms with E-state index in [-0.39, 0.29) is 23.8 Å². The van der Waals surface area contributed by atoms with Gasteiger partial charge >= 0.3 is 5.97 Å². The van der Waals surface area contributed by atoms with Gasteiger partial charge in [0.2, 0.25) is 5.91 Å². The van der Waals surface area contributed by atoms with E-state index in [2.05, 4.69) is 11.6 Å². The molecule has 2 aliphatic rings. The summed E-state index contributed by atoms with van der Waals surface area (Å²) in [5.41, 5.74) is -1.38. The van der Waals surface area contributed by atoms with E-state index in [9.17, 15) is 14.7 Å². The molecule has 0 radical (unpaired) electrons. The molecule has 3 rings (SSSR count). The number of aromatic nitrogens is 1. The van der Waals surface area contributed by atoms with Gasteiger partial charge in [0, 0.05) is 16.3 Å². The number of esters is 1. The summed E-state index contributed by atoms with van der Waals surface area (Å²) < 4.78 is 4.52. The highest BCUT2D eigenvalue weighted by molar-refractivity contribution is 8.01. The molecule has 2 fully saturated rings. The number of fused-ring (bicyclic) bond motifs is 1. The van der Waals surface area contributed by atoms with Crippen LogP contribution in [0.5, 0.6) is 0 Å². The Hall–Kier alpha value is -1.38. The van der Waals surface area contributed by atoms with Crippen molar-refractivity contribution in [3.05, 3.63) is 29.2 Å². The lowest BCUT2D eigenvalue weighted by Crippen LogP contribution is -2.71. The van der Waals surface area contributed by atoms with Gasteiger partial charge in [-0.15, -0.1) is 23.1 Å². The molecule has 0 unspecified atom stereocenters. The summed E-state index contributed by atoms with van der Waals surface area (Å²) in [4.78, 5) is 31.1. The van der Waals surface area contributed by atoms with Gasteiger partial charge in [-0.3, -0.25) is 4.79 Å². The zero-order chi connectivity index (χ0) is 16.8. The zero-order valence-electron chi connectivity index (χ0n) is 12.9. The number of thiazole rings is 1. The van der Waals surface area contributed by atoms with E-state index in [1.165, 1.54) is 34.1 Å². The molecule has 1 aromatic rings. The van der Waals surface area contributed by atoms with Gasteiger partial charge in [-0.1, -0.05) is 12.7 Å². The van der Waals surface area contributed by atoms with Crippen molar-refractivity contribution in [2.24, 2.45) is 0 Å². The number of thioether (sulfide) groups is 1. The van der Waals surface area contributed by atoms with Crippen LogP contribution in [0.3, 0.4) is 0 Å². The number of hydrogen-bond donors (Lipinski definition) is 1. The summed E-state index contributed by atoms with van der Waals surface area (Å²) in [7, 11) is 0. The number of hydrogen-bond acceptors (Lipinski definition) is 7. The molecule has 124 valence electrons. The van der Waals surface area contributed by atoms with Crippen molar-refractivity contribution in [3.63, 3.8) is 0 Å². The molecule has 0 aromatic carbocycles. The highest BCUT2D eigenvalue weighted by Gasteiger charge is 2.73. The van der Waals surface area contributed by atoms with E-state index in [1.807, 2.05) is 19.2 Å². The Kier molecular flexibility index (Phi) is 4.02. The molecular weight excluding hydrogens is 336 g/mol. The Morgan fingerprint density at radius 2 is 2.35 bits per heavy atom. The quantitative estimate of drug-likeness (QED) is 0.489. The van der Waals surface area contributed by atoms with Gasteiger partial charge in [0.15, 0.2) is 5.54 Å². The number of rotatable bonds is 5. The minimum absolute atomic E-state index is 0.0456. The van der Waals surface area contributed by atoms with Crippen LogP contribution < -0.4 is 0 Å². The second kappa shape index (κ2) is 5.61. The highest BCUT2D eigenvalue weighted by Crippen LogP contribution is 2.61. The van der Waals surface area contributed by atoms with E-state index in [4.69, 9.17) is 4.74 Å². The number of nitrogens with zero attached hydrogens (tertiary/aromatic N) is 2. The Balaban J connectivity index is 1.97. The second-order valence-corrected chi connectivity index (χ2v) is 8.65. The molecule has 3 atom stereocenters. The maximum absolute atomic E-state index is 12.7. The third-order valence-corrected chi connectivity index (χ3v) is 6.99. The summed E-state index contributed by atoms with van der Waals surface area (Å²) in [5.74, 6) is -1.14. The largest absolute Gasteiger partial charge is 0.460 e. The monoisotopic (exact) mass is 354 g/mol. The Labute approximate surface area is 142 Å². The molecule has 23 heavy (non-hydrogen) atoms. The lowest BCUT2D eigenvalue weighted by Gasteiger charge is -2.49. The number of aliphatic hydroxyl groups excluding tert-OH is 1. The van der Waals surface area contributed by atoms with Crippen LogP contribution in [-0.2, 0) is 14.3 Å². The van der Waals surface area contributed by atoms with Crippen LogP contribution in [0.15, 0.2) is 24.2 Å². The fourth-order valence-electron chi connectivity index (χ4n) is 3.22. The summed E-state index contributed by atoms with van der Waals surface area (Å²) in [6, 6.07) is 0. The molecule has 0 bridgehead atoms. The van der Waals surface area contributed by atoms with Crippen molar-refractivity contribution in [2.45, 2.75) is 35.4 Å². The van der Waals surface area contributed by atoms with Crippen molar-refractivity contribution < 1.29 is 19.4 Å². The van der Waals surface area contributed by atoms with Crippen LogP contribution in [0.2, 0.25) is 0 Å². The van der Waals surface area contributed by atoms with Crippen LogP contribution >= 0.6 is 23.1 Å². The molecule has 1 N–H and O–H groups in total. The molecule has 2 aliphatic heterocycles. The van der Waals surface area contributed by atoms with E-state index in [1.54, 1.807) is 6.20 Å². The summed E-state index contributed by atoms with van der Waals surface area (Å²) in [6.45, 7) is 6.80. The normalized spacial score (nSPS) is 31.4. The van der Waals surface area contributed by atoms with Crippen molar-refractivity contribution in [2.75, 3.05) is 13.2 Å². The number of ether oxygens (including phenoxy) is 1. The van der Waals surface area contributed by atoms with Crippen LogP contribution in [0, 0.1) is 0 Å². The van der Waals surface area contributed by atoms with Crippen LogP contribution in [0.1, 0.15) is 24.8 Å². The molecule has 1 amide bonds. The fraction of sp³-hybridized carbons (Fsp3) is 0.533. The summed E-state index contributed by atoms with van der Waals surface area (Å²) in [6.07, 6.45) is 3.13. The van der Waals surface area contributed by atoms with Gasteiger partial charge in [0.1, 0.15) is 17.5 Å². The molecule has 3 heterocycles. The van der Waals surface area contributed by atoms with Crippen molar-refractivity contribution >= 4 is 35.0 Å². The molecule has 0 spiro atoms. The standard InChI is InChI=1S/C15H18N2O4S2/c1-4-6-21-13(20)15(8-18)14(2,3)23-12-9(11(19)17(12)15)10-16-5-7-22-10/h4-5,7,9,12,18H,1,6,8H2,2-3H3/t9-,12-,15+/m1/s1.